The van der Waals surface area contributed by atoms with Crippen LogP contribution in [0, 0.1) is 0 Å². The van der Waals surface area contributed by atoms with Gasteiger partial charge in [0.1, 0.15) is 5.75 Å². The number of nitrogens with one attached hydrogen (secondary N) is 1. The Morgan fingerprint density at radius 3 is 2.50 bits per heavy atom. The van der Waals surface area contributed by atoms with Crippen molar-refractivity contribution in [3.8, 4) is 11.8 Å². The third kappa shape index (κ3) is 3.59. The molecule has 154 valence electrons. The van der Waals surface area contributed by atoms with Gasteiger partial charge in [-0.1, -0.05) is 36.4 Å². The predicted octanol–water partition coefficient (Wildman–Crippen LogP) is 3.28. The molecule has 4 aromatic rings. The number of imidazole rings is 1. The zero-order valence-electron chi connectivity index (χ0n) is 15.6. The number of aromatic amines is 1. The van der Waals surface area contributed by atoms with Crippen molar-refractivity contribution in [3.63, 3.8) is 0 Å². The van der Waals surface area contributed by atoms with E-state index >= 15 is 0 Å². The number of H-pyrrole nitrogens is 1. The molecule has 30 heavy (non-hydrogen) atoms. The fourth-order valence-electron chi connectivity index (χ4n) is 3.02. The van der Waals surface area contributed by atoms with Gasteiger partial charge >= 0.3 is 17.9 Å². The van der Waals surface area contributed by atoms with Crippen molar-refractivity contribution in [2.45, 2.75) is 12.7 Å². The monoisotopic (exact) mass is 416 g/mol. The number of fused-ring (bicyclic) bond motifs is 1. The van der Waals surface area contributed by atoms with E-state index in [1.807, 2.05) is 30.3 Å². The first kappa shape index (κ1) is 19.5. The van der Waals surface area contributed by atoms with Crippen molar-refractivity contribution in [1.82, 2.24) is 19.1 Å². The Morgan fingerprint density at radius 1 is 1.07 bits per heavy atom. The molecule has 0 aliphatic rings. The predicted molar refractivity (Wildman–Crippen MR) is 103 cm³/mol. The van der Waals surface area contributed by atoms with Crippen LogP contribution in [0.3, 0.4) is 0 Å². The summed E-state index contributed by atoms with van der Waals surface area (Å²) in [5, 5.41) is 0. The second-order valence-electron chi connectivity index (χ2n) is 6.59. The highest BCUT2D eigenvalue weighted by atomic mass is 19.4. The third-order valence-corrected chi connectivity index (χ3v) is 4.51. The molecule has 0 aliphatic carbocycles. The molecule has 2 heterocycles. The number of nitrogens with zero attached hydrogens (tertiary/aromatic N) is 3. The molecule has 0 amide bonds. The fraction of sp³-hybridized carbons (Fsp3) is 0.150. The maximum absolute atomic E-state index is 12.9. The molecule has 2 aromatic heterocycles. The molecular weight excluding hydrogens is 401 g/mol. The normalized spacial score (nSPS) is 11.7. The molecule has 4 rings (SSSR count). The lowest BCUT2D eigenvalue weighted by Crippen LogP contribution is -2.38. The summed E-state index contributed by atoms with van der Waals surface area (Å²) in [6.07, 6.45) is -4.53. The molecule has 10 heteroatoms. The first-order valence-corrected chi connectivity index (χ1v) is 8.82. The SMILES string of the molecule is Cn1c(=O)c2[nH]c(Oc3cccc(C(F)(F)F)c3)nc2n(Cc2ccccc2)c1=O. The Balaban J connectivity index is 1.79. The van der Waals surface area contributed by atoms with E-state index in [9.17, 15) is 22.8 Å². The van der Waals surface area contributed by atoms with Gasteiger partial charge in [-0.2, -0.15) is 18.2 Å². The van der Waals surface area contributed by atoms with Crippen molar-refractivity contribution < 1.29 is 17.9 Å². The van der Waals surface area contributed by atoms with Crippen LogP contribution in [0.15, 0.2) is 64.2 Å². The summed E-state index contributed by atoms with van der Waals surface area (Å²) in [5.41, 5.74) is -1.21. The molecule has 2 aromatic carbocycles. The molecule has 0 bridgehead atoms. The minimum absolute atomic E-state index is 0.00927. The van der Waals surface area contributed by atoms with Gasteiger partial charge in [-0.05, 0) is 23.8 Å². The van der Waals surface area contributed by atoms with Crippen LogP contribution in [-0.4, -0.2) is 19.1 Å². The number of hydrogen-bond acceptors (Lipinski definition) is 4. The highest BCUT2D eigenvalue weighted by Gasteiger charge is 2.30. The number of halogens is 3. The molecule has 0 saturated carbocycles. The van der Waals surface area contributed by atoms with E-state index in [-0.39, 0.29) is 29.5 Å². The van der Waals surface area contributed by atoms with Gasteiger partial charge in [0.2, 0.25) is 0 Å². The van der Waals surface area contributed by atoms with Crippen LogP contribution in [0.2, 0.25) is 0 Å². The number of benzene rings is 2. The van der Waals surface area contributed by atoms with E-state index in [0.29, 0.717) is 0 Å². The summed E-state index contributed by atoms with van der Waals surface area (Å²) in [7, 11) is 1.33. The smallest absolute Gasteiger partial charge is 0.416 e. The lowest BCUT2D eigenvalue weighted by atomic mass is 10.2. The van der Waals surface area contributed by atoms with Crippen LogP contribution in [0.1, 0.15) is 11.1 Å². The second kappa shape index (κ2) is 7.21. The number of rotatable bonds is 4. The molecule has 0 spiro atoms. The van der Waals surface area contributed by atoms with Crippen LogP contribution in [0.25, 0.3) is 11.2 Å². The third-order valence-electron chi connectivity index (χ3n) is 4.51. The minimum Gasteiger partial charge on any atom is -0.426 e. The Bertz CT molecular complexity index is 1340. The highest BCUT2D eigenvalue weighted by molar-refractivity contribution is 5.70. The summed E-state index contributed by atoms with van der Waals surface area (Å²) in [6.45, 7) is 0.151. The molecule has 0 fully saturated rings. The quantitative estimate of drug-likeness (QED) is 0.554. The first-order chi connectivity index (χ1) is 14.2. The average Bonchev–Trinajstić information content (AvgIpc) is 3.13. The summed E-state index contributed by atoms with van der Waals surface area (Å²) < 4.78 is 46.4. The Labute approximate surface area is 167 Å². The van der Waals surface area contributed by atoms with Crippen LogP contribution in [-0.2, 0) is 19.8 Å². The molecular formula is C20H15F3N4O3. The lowest BCUT2D eigenvalue weighted by Gasteiger charge is -2.08. The van der Waals surface area contributed by atoms with Gasteiger partial charge in [0.05, 0.1) is 12.1 Å². The first-order valence-electron chi connectivity index (χ1n) is 8.82. The van der Waals surface area contributed by atoms with Crippen molar-refractivity contribution in [3.05, 3.63) is 86.6 Å². The number of alkyl halides is 3. The molecule has 1 N–H and O–H groups in total. The zero-order chi connectivity index (χ0) is 21.5. The minimum atomic E-state index is -4.53. The molecule has 0 saturated heterocycles. The van der Waals surface area contributed by atoms with Crippen molar-refractivity contribution >= 4 is 11.2 Å². The fourth-order valence-corrected chi connectivity index (χ4v) is 3.02. The van der Waals surface area contributed by atoms with Gasteiger partial charge in [-0.25, -0.2) is 4.79 Å². The van der Waals surface area contributed by atoms with Gasteiger partial charge in [-0.3, -0.25) is 13.9 Å². The molecule has 0 radical (unpaired) electrons. The number of aromatic nitrogens is 4. The molecule has 0 aliphatic heterocycles. The van der Waals surface area contributed by atoms with Gasteiger partial charge in [0.25, 0.3) is 5.56 Å². The van der Waals surface area contributed by atoms with Crippen LogP contribution in [0.4, 0.5) is 13.2 Å². The Kier molecular flexibility index (Phi) is 4.69. The highest BCUT2D eigenvalue weighted by Crippen LogP contribution is 2.32. The van der Waals surface area contributed by atoms with E-state index < -0.39 is 23.0 Å². The summed E-state index contributed by atoms with van der Waals surface area (Å²) in [6, 6.07) is 13.2. The summed E-state index contributed by atoms with van der Waals surface area (Å²) in [5.74, 6) is -0.113. The van der Waals surface area contributed by atoms with Crippen LogP contribution in [0.5, 0.6) is 11.8 Å². The number of hydrogen-bond donors (Lipinski definition) is 1. The largest absolute Gasteiger partial charge is 0.426 e. The summed E-state index contributed by atoms with van der Waals surface area (Å²) >= 11 is 0. The maximum Gasteiger partial charge on any atom is 0.416 e. The Hall–Kier alpha value is -3.82. The van der Waals surface area contributed by atoms with Crippen molar-refractivity contribution in [1.29, 1.82) is 0 Å². The van der Waals surface area contributed by atoms with E-state index in [4.69, 9.17) is 4.74 Å². The topological polar surface area (TPSA) is 81.9 Å². The van der Waals surface area contributed by atoms with Crippen molar-refractivity contribution in [2.24, 2.45) is 7.05 Å². The Morgan fingerprint density at radius 2 is 1.80 bits per heavy atom. The zero-order valence-corrected chi connectivity index (χ0v) is 15.6. The van der Waals surface area contributed by atoms with Gasteiger partial charge in [0.15, 0.2) is 11.2 Å². The molecule has 7 nitrogen and oxygen atoms in total. The van der Waals surface area contributed by atoms with E-state index in [0.717, 1.165) is 22.3 Å². The van der Waals surface area contributed by atoms with E-state index in [1.54, 1.807) is 0 Å². The van der Waals surface area contributed by atoms with Crippen molar-refractivity contribution in [2.75, 3.05) is 0 Å². The van der Waals surface area contributed by atoms with E-state index in [2.05, 4.69) is 9.97 Å². The molecule has 0 atom stereocenters. The van der Waals surface area contributed by atoms with Crippen LogP contribution < -0.4 is 16.0 Å². The van der Waals surface area contributed by atoms with E-state index in [1.165, 1.54) is 23.7 Å². The summed E-state index contributed by atoms with van der Waals surface area (Å²) in [4.78, 5) is 31.9. The molecule has 0 unspecified atom stereocenters. The maximum atomic E-state index is 12.9. The van der Waals surface area contributed by atoms with Gasteiger partial charge in [0, 0.05) is 7.05 Å². The van der Waals surface area contributed by atoms with Gasteiger partial charge in [-0.15, -0.1) is 0 Å². The van der Waals surface area contributed by atoms with Crippen LogP contribution >= 0.6 is 0 Å². The number of ether oxygens (including phenoxy) is 1. The standard InChI is InChI=1S/C20H15F3N4O3/c1-26-17(28)15-16(27(19(26)29)11-12-6-3-2-4-7-12)25-18(24-15)30-14-9-5-8-13(10-14)20(21,22)23/h2-10H,11H2,1H3,(H,24,25). The average molecular weight is 416 g/mol. The van der Waals surface area contributed by atoms with Gasteiger partial charge < -0.3 is 9.72 Å². The second-order valence-corrected chi connectivity index (χ2v) is 6.59. The lowest BCUT2D eigenvalue weighted by molar-refractivity contribution is -0.137.